The Balaban J connectivity index is 1.17. The van der Waals surface area contributed by atoms with Crippen LogP contribution in [-0.2, 0) is 12.8 Å². The number of aromatic nitrogens is 4. The molecular formula is C28H28N6O3. The molecule has 188 valence electrons. The largest absolute Gasteiger partial charge is 0.497 e. The van der Waals surface area contributed by atoms with Crippen molar-refractivity contribution in [3.63, 3.8) is 0 Å². The summed E-state index contributed by atoms with van der Waals surface area (Å²) in [6.07, 6.45) is 1.60. The number of methoxy groups -OCH3 is 1. The van der Waals surface area contributed by atoms with Gasteiger partial charge < -0.3 is 14.5 Å². The van der Waals surface area contributed by atoms with E-state index in [0.29, 0.717) is 31.9 Å². The summed E-state index contributed by atoms with van der Waals surface area (Å²) in [6, 6.07) is 17.0. The third kappa shape index (κ3) is 4.16. The molecule has 1 amide bonds. The first-order chi connectivity index (χ1) is 18.0. The van der Waals surface area contributed by atoms with Crippen LogP contribution in [0.3, 0.4) is 0 Å². The number of nitrogens with zero attached hydrogens (tertiary/aromatic N) is 5. The van der Waals surface area contributed by atoms with Gasteiger partial charge in [0.1, 0.15) is 17.3 Å². The maximum atomic E-state index is 13.5. The second-order valence-corrected chi connectivity index (χ2v) is 9.51. The highest BCUT2D eigenvalue weighted by Gasteiger charge is 2.30. The van der Waals surface area contributed by atoms with Crippen molar-refractivity contribution in [1.29, 1.82) is 0 Å². The number of anilines is 1. The molecule has 0 spiro atoms. The van der Waals surface area contributed by atoms with E-state index in [9.17, 15) is 9.59 Å². The van der Waals surface area contributed by atoms with Crippen LogP contribution in [0.1, 0.15) is 27.2 Å². The number of aryl methyl sites for hydroxylation is 2. The fourth-order valence-electron chi connectivity index (χ4n) is 5.14. The van der Waals surface area contributed by atoms with Crippen molar-refractivity contribution >= 4 is 11.7 Å². The predicted octanol–water partition coefficient (Wildman–Crippen LogP) is 3.00. The lowest BCUT2D eigenvalue weighted by Crippen LogP contribution is -2.49. The van der Waals surface area contributed by atoms with Crippen molar-refractivity contribution in [3.05, 3.63) is 87.3 Å². The normalized spacial score (nSPS) is 14.8. The van der Waals surface area contributed by atoms with Crippen LogP contribution in [0.5, 0.6) is 5.75 Å². The van der Waals surface area contributed by atoms with Crippen molar-refractivity contribution < 1.29 is 9.53 Å². The topological polar surface area (TPSA) is 96.4 Å². The number of aromatic amines is 1. The van der Waals surface area contributed by atoms with Crippen LogP contribution < -0.4 is 15.2 Å². The van der Waals surface area contributed by atoms with Crippen LogP contribution in [0.25, 0.3) is 16.9 Å². The zero-order valence-electron chi connectivity index (χ0n) is 20.9. The zero-order valence-corrected chi connectivity index (χ0v) is 20.9. The predicted molar refractivity (Wildman–Crippen MR) is 141 cm³/mol. The molecule has 0 atom stereocenters. The van der Waals surface area contributed by atoms with Gasteiger partial charge in [-0.2, -0.15) is 9.78 Å². The first kappa shape index (κ1) is 23.0. The highest BCUT2D eigenvalue weighted by Crippen LogP contribution is 2.35. The number of ether oxygens (including phenoxy) is 1. The fourth-order valence-corrected chi connectivity index (χ4v) is 5.14. The number of nitrogens with one attached hydrogen (secondary N) is 1. The molecule has 0 saturated carbocycles. The minimum atomic E-state index is -0.176. The molecule has 37 heavy (non-hydrogen) atoms. The van der Waals surface area contributed by atoms with E-state index in [4.69, 9.17) is 4.74 Å². The Morgan fingerprint density at radius 2 is 1.76 bits per heavy atom. The van der Waals surface area contributed by atoms with E-state index in [1.165, 1.54) is 10.2 Å². The quantitative estimate of drug-likeness (QED) is 0.467. The lowest BCUT2D eigenvalue weighted by Gasteiger charge is -2.35. The Labute approximate surface area is 214 Å². The van der Waals surface area contributed by atoms with Crippen molar-refractivity contribution in [2.45, 2.75) is 19.8 Å². The number of hydrogen-bond donors (Lipinski definition) is 1. The molecule has 0 bridgehead atoms. The van der Waals surface area contributed by atoms with Crippen LogP contribution in [0.2, 0.25) is 0 Å². The van der Waals surface area contributed by atoms with Gasteiger partial charge in [0, 0.05) is 43.4 Å². The molecule has 2 aromatic carbocycles. The van der Waals surface area contributed by atoms with Crippen molar-refractivity contribution in [2.24, 2.45) is 0 Å². The third-order valence-corrected chi connectivity index (χ3v) is 7.25. The lowest BCUT2D eigenvalue weighted by atomic mass is 9.88. The molecule has 1 saturated heterocycles. The van der Waals surface area contributed by atoms with Gasteiger partial charge in [0.05, 0.1) is 18.5 Å². The molecular weight excluding hydrogens is 468 g/mol. The average molecular weight is 497 g/mol. The number of carbonyl (C=O) groups excluding carboxylic acids is 1. The first-order valence-corrected chi connectivity index (χ1v) is 12.5. The minimum absolute atomic E-state index is 0.0250. The van der Waals surface area contributed by atoms with Gasteiger partial charge in [0.25, 0.3) is 11.5 Å². The second-order valence-electron chi connectivity index (χ2n) is 9.51. The number of rotatable bonds is 4. The van der Waals surface area contributed by atoms with Gasteiger partial charge in [-0.1, -0.05) is 17.7 Å². The highest BCUT2D eigenvalue weighted by molar-refractivity contribution is 5.96. The van der Waals surface area contributed by atoms with Crippen LogP contribution in [0, 0.1) is 6.92 Å². The van der Waals surface area contributed by atoms with Gasteiger partial charge in [0.2, 0.25) is 0 Å². The molecule has 2 aliphatic rings. The summed E-state index contributed by atoms with van der Waals surface area (Å²) in [4.78, 5) is 29.9. The summed E-state index contributed by atoms with van der Waals surface area (Å²) in [5.74, 6) is 1.52. The maximum Gasteiger partial charge on any atom is 0.272 e. The molecule has 6 rings (SSSR count). The van der Waals surface area contributed by atoms with Crippen molar-refractivity contribution in [1.82, 2.24) is 24.9 Å². The van der Waals surface area contributed by atoms with Crippen molar-refractivity contribution in [3.8, 4) is 22.7 Å². The summed E-state index contributed by atoms with van der Waals surface area (Å²) in [5, 5.41) is 12.2. The molecule has 2 aromatic heterocycles. The number of carbonyl (C=O) groups is 1. The molecule has 1 aliphatic heterocycles. The average Bonchev–Trinajstić information content (AvgIpc) is 3.38. The van der Waals surface area contributed by atoms with E-state index in [2.05, 4.69) is 20.2 Å². The van der Waals surface area contributed by atoms with Crippen LogP contribution in [0.4, 0.5) is 5.82 Å². The van der Waals surface area contributed by atoms with Gasteiger partial charge in [-0.25, -0.2) is 0 Å². The summed E-state index contributed by atoms with van der Waals surface area (Å²) >= 11 is 0. The van der Waals surface area contributed by atoms with E-state index >= 15 is 0 Å². The van der Waals surface area contributed by atoms with Gasteiger partial charge in [-0.3, -0.25) is 14.7 Å². The molecule has 1 aliphatic carbocycles. The number of piperazine rings is 1. The minimum Gasteiger partial charge on any atom is -0.497 e. The fraction of sp³-hybridized carbons (Fsp3) is 0.286. The van der Waals surface area contributed by atoms with Gasteiger partial charge in [-0.15, -0.1) is 5.10 Å². The molecule has 0 radical (unpaired) electrons. The zero-order chi connectivity index (χ0) is 25.5. The lowest BCUT2D eigenvalue weighted by molar-refractivity contribution is 0.0739. The van der Waals surface area contributed by atoms with Crippen molar-refractivity contribution in [2.75, 3.05) is 38.2 Å². The van der Waals surface area contributed by atoms with E-state index < -0.39 is 0 Å². The Kier molecular flexibility index (Phi) is 5.75. The highest BCUT2D eigenvalue weighted by atomic mass is 16.5. The van der Waals surface area contributed by atoms with E-state index in [1.807, 2.05) is 54.3 Å². The number of hydrogen-bond acceptors (Lipinski definition) is 6. The number of H-pyrrole nitrogens is 1. The Morgan fingerprint density at radius 3 is 2.51 bits per heavy atom. The molecule has 1 fully saturated rings. The Morgan fingerprint density at radius 1 is 0.973 bits per heavy atom. The second kappa shape index (κ2) is 9.24. The molecule has 1 N–H and O–H groups in total. The Hall–Kier alpha value is -4.40. The summed E-state index contributed by atoms with van der Waals surface area (Å²) in [7, 11) is 1.66. The Bertz CT molecular complexity index is 1530. The van der Waals surface area contributed by atoms with Gasteiger partial charge >= 0.3 is 0 Å². The smallest absolute Gasteiger partial charge is 0.272 e. The van der Waals surface area contributed by atoms with Gasteiger partial charge in [-0.05, 0) is 61.7 Å². The first-order valence-electron chi connectivity index (χ1n) is 12.5. The molecule has 0 unspecified atom stereocenters. The molecule has 9 heteroatoms. The van der Waals surface area contributed by atoms with E-state index in [-0.39, 0.29) is 11.5 Å². The van der Waals surface area contributed by atoms with Crippen LogP contribution >= 0.6 is 0 Å². The monoisotopic (exact) mass is 496 g/mol. The number of fused-ring (bicyclic) bond motifs is 3. The SMILES string of the molecule is COc1ccc2c(c1)CCc1c-2n[nH]c1C(=O)N1CCN(c2ccc(=O)n(-c3ccc(C)cc3)n2)CC1. The maximum absolute atomic E-state index is 13.5. The van der Waals surface area contributed by atoms with Gasteiger partial charge in [0.15, 0.2) is 0 Å². The summed E-state index contributed by atoms with van der Waals surface area (Å²) in [6.45, 7) is 4.39. The number of amides is 1. The number of benzene rings is 2. The van der Waals surface area contributed by atoms with Crippen LogP contribution in [-0.4, -0.2) is 64.1 Å². The molecule has 3 heterocycles. The van der Waals surface area contributed by atoms with E-state index in [0.717, 1.165) is 52.5 Å². The molecule has 9 nitrogen and oxygen atoms in total. The summed E-state index contributed by atoms with van der Waals surface area (Å²) < 4.78 is 6.78. The molecule has 4 aromatic rings. The summed E-state index contributed by atoms with van der Waals surface area (Å²) in [5.41, 5.74) is 6.33. The standard InChI is InChI=1S/C28H28N6O3/c1-18-3-6-20(7-4-18)34-25(35)12-11-24(31-34)32-13-15-33(16-14-32)28(36)27-23-9-5-19-17-21(37-2)8-10-22(19)26(23)29-30-27/h3-4,6-8,10-12,17H,5,9,13-16H2,1-2H3,(H,29,30). The third-order valence-electron chi connectivity index (χ3n) is 7.25. The van der Waals surface area contributed by atoms with Crippen LogP contribution in [0.15, 0.2) is 59.4 Å². The van der Waals surface area contributed by atoms with E-state index in [1.54, 1.807) is 19.2 Å².